The zero-order chi connectivity index (χ0) is 10.2. The van der Waals surface area contributed by atoms with Gasteiger partial charge in [-0.15, -0.1) is 12.3 Å². The molecule has 0 radical (unpaired) electrons. The van der Waals surface area contributed by atoms with E-state index in [9.17, 15) is 4.79 Å². The van der Waals surface area contributed by atoms with Crippen LogP contribution in [0.25, 0.3) is 0 Å². The van der Waals surface area contributed by atoms with Crippen LogP contribution >= 0.6 is 0 Å². The Labute approximate surface area is 83.9 Å². The molecule has 0 unspecified atom stereocenters. The van der Waals surface area contributed by atoms with Crippen molar-refractivity contribution in [2.24, 2.45) is 0 Å². The smallest absolute Gasteiger partial charge is 0.171 e. The first kappa shape index (κ1) is 10.3. The Balaban J connectivity index is 2.28. The molecular weight excluding hydrogens is 176 g/mol. The highest BCUT2D eigenvalue weighted by Crippen LogP contribution is 2.08. The van der Waals surface area contributed by atoms with E-state index in [0.29, 0.717) is 18.6 Å². The summed E-state index contributed by atoms with van der Waals surface area (Å²) in [5.74, 6) is 3.16. The third kappa shape index (κ3) is 3.77. The highest BCUT2D eigenvalue weighted by Gasteiger charge is 2.01. The molecule has 0 bridgehead atoms. The summed E-state index contributed by atoms with van der Waals surface area (Å²) in [5.41, 5.74) is 0. The van der Waals surface area contributed by atoms with Gasteiger partial charge < -0.3 is 4.74 Å². The van der Waals surface area contributed by atoms with Crippen molar-refractivity contribution >= 4 is 5.78 Å². The Morgan fingerprint density at radius 2 is 2.07 bits per heavy atom. The summed E-state index contributed by atoms with van der Waals surface area (Å²) in [6, 6.07) is 9.25. The minimum absolute atomic E-state index is 0.0341. The first-order chi connectivity index (χ1) is 6.83. The van der Waals surface area contributed by atoms with Crippen molar-refractivity contribution in [1.82, 2.24) is 0 Å². The molecule has 1 aromatic carbocycles. The maximum Gasteiger partial charge on any atom is 0.171 e. The lowest BCUT2D eigenvalue weighted by molar-refractivity contribution is -0.120. The van der Waals surface area contributed by atoms with Gasteiger partial charge >= 0.3 is 0 Å². The van der Waals surface area contributed by atoms with E-state index in [1.807, 2.05) is 30.3 Å². The summed E-state index contributed by atoms with van der Waals surface area (Å²) in [6.07, 6.45) is 5.92. The fourth-order valence-corrected chi connectivity index (χ4v) is 0.964. The van der Waals surface area contributed by atoms with Crippen LogP contribution in [-0.4, -0.2) is 12.4 Å². The number of ether oxygens (including phenoxy) is 1. The van der Waals surface area contributed by atoms with Gasteiger partial charge in [0.15, 0.2) is 5.78 Å². The predicted molar refractivity (Wildman–Crippen MR) is 55.0 cm³/mol. The highest BCUT2D eigenvalue weighted by atomic mass is 16.5. The van der Waals surface area contributed by atoms with Crippen LogP contribution < -0.4 is 4.74 Å². The Bertz CT molecular complexity index is 322. The van der Waals surface area contributed by atoms with Crippen molar-refractivity contribution < 1.29 is 9.53 Å². The molecule has 2 nitrogen and oxygen atoms in total. The van der Waals surface area contributed by atoms with Crippen LogP contribution in [0.3, 0.4) is 0 Å². The number of para-hydroxylation sites is 1. The zero-order valence-electron chi connectivity index (χ0n) is 7.90. The monoisotopic (exact) mass is 188 g/mol. The molecule has 1 aromatic rings. The second-order valence-electron chi connectivity index (χ2n) is 2.84. The van der Waals surface area contributed by atoms with E-state index in [4.69, 9.17) is 11.2 Å². The van der Waals surface area contributed by atoms with Gasteiger partial charge in [0.2, 0.25) is 0 Å². The number of rotatable bonds is 5. The van der Waals surface area contributed by atoms with Gasteiger partial charge in [-0.1, -0.05) is 18.2 Å². The Kier molecular flexibility index (Phi) is 4.30. The molecule has 14 heavy (non-hydrogen) atoms. The molecule has 0 N–H and O–H groups in total. The van der Waals surface area contributed by atoms with Crippen molar-refractivity contribution in [2.75, 3.05) is 6.61 Å². The van der Waals surface area contributed by atoms with Gasteiger partial charge in [0, 0.05) is 12.8 Å². The van der Waals surface area contributed by atoms with Gasteiger partial charge in [-0.25, -0.2) is 0 Å². The Morgan fingerprint density at radius 3 is 2.71 bits per heavy atom. The van der Waals surface area contributed by atoms with Gasteiger partial charge in [0.25, 0.3) is 0 Å². The van der Waals surface area contributed by atoms with E-state index < -0.39 is 0 Å². The van der Waals surface area contributed by atoms with Crippen LogP contribution in [-0.2, 0) is 4.79 Å². The van der Waals surface area contributed by atoms with Crippen LogP contribution in [0.4, 0.5) is 0 Å². The van der Waals surface area contributed by atoms with Gasteiger partial charge in [-0.2, -0.15) is 0 Å². The van der Waals surface area contributed by atoms with Crippen LogP contribution in [0.2, 0.25) is 0 Å². The molecular formula is C12H12O2. The van der Waals surface area contributed by atoms with E-state index >= 15 is 0 Å². The van der Waals surface area contributed by atoms with Crippen molar-refractivity contribution in [3.63, 3.8) is 0 Å². The third-order valence-corrected chi connectivity index (χ3v) is 1.69. The number of carbonyl (C=O) groups excluding carboxylic acids is 1. The number of ketones is 1. The lowest BCUT2D eigenvalue weighted by atomic mass is 10.2. The van der Waals surface area contributed by atoms with E-state index in [1.54, 1.807) is 0 Å². The minimum Gasteiger partial charge on any atom is -0.486 e. The minimum atomic E-state index is 0.0341. The summed E-state index contributed by atoms with van der Waals surface area (Å²) in [6.45, 7) is 0.103. The molecule has 2 heteroatoms. The lowest BCUT2D eigenvalue weighted by Crippen LogP contribution is -2.10. The fraction of sp³-hybridized carbons (Fsp3) is 0.250. The number of hydrogen-bond acceptors (Lipinski definition) is 2. The van der Waals surface area contributed by atoms with Crippen LogP contribution in [0.1, 0.15) is 12.8 Å². The van der Waals surface area contributed by atoms with Crippen molar-refractivity contribution in [1.29, 1.82) is 0 Å². The van der Waals surface area contributed by atoms with Crippen LogP contribution in [0, 0.1) is 12.3 Å². The molecule has 0 aliphatic rings. The van der Waals surface area contributed by atoms with Gasteiger partial charge in [-0.05, 0) is 12.1 Å². The average molecular weight is 188 g/mol. The number of terminal acetylenes is 1. The first-order valence-corrected chi connectivity index (χ1v) is 4.46. The average Bonchev–Trinajstić information content (AvgIpc) is 2.25. The summed E-state index contributed by atoms with van der Waals surface area (Å²) in [5, 5.41) is 0. The number of Topliss-reactive ketones (excluding diaryl/α,β-unsaturated/α-hetero) is 1. The number of benzene rings is 1. The summed E-state index contributed by atoms with van der Waals surface area (Å²) in [4.78, 5) is 11.2. The molecule has 0 saturated carbocycles. The summed E-state index contributed by atoms with van der Waals surface area (Å²) in [7, 11) is 0. The maximum atomic E-state index is 11.2. The molecule has 72 valence electrons. The van der Waals surface area contributed by atoms with Gasteiger partial charge in [-0.3, -0.25) is 4.79 Å². The third-order valence-electron chi connectivity index (χ3n) is 1.69. The number of hydrogen-bond donors (Lipinski definition) is 0. The molecule has 1 rings (SSSR count). The van der Waals surface area contributed by atoms with E-state index in [0.717, 1.165) is 0 Å². The topological polar surface area (TPSA) is 26.3 Å². The molecule has 0 fully saturated rings. The standard InChI is InChI=1S/C12H12O2/c1-2-3-7-11(13)10-14-12-8-5-4-6-9-12/h1,4-6,8-9H,3,7,10H2. The van der Waals surface area contributed by atoms with Crippen molar-refractivity contribution in [2.45, 2.75) is 12.8 Å². The second kappa shape index (κ2) is 5.82. The summed E-state index contributed by atoms with van der Waals surface area (Å²) >= 11 is 0. The highest BCUT2D eigenvalue weighted by molar-refractivity contribution is 5.80. The Hall–Kier alpha value is -1.75. The van der Waals surface area contributed by atoms with Gasteiger partial charge in [0.1, 0.15) is 12.4 Å². The first-order valence-electron chi connectivity index (χ1n) is 4.46. The van der Waals surface area contributed by atoms with E-state index in [-0.39, 0.29) is 12.4 Å². The van der Waals surface area contributed by atoms with E-state index in [1.165, 1.54) is 0 Å². The van der Waals surface area contributed by atoms with Crippen molar-refractivity contribution in [3.8, 4) is 18.1 Å². The molecule has 0 atom stereocenters. The molecule has 0 heterocycles. The number of carbonyl (C=O) groups is 1. The normalized spacial score (nSPS) is 9.07. The summed E-state index contributed by atoms with van der Waals surface area (Å²) < 4.78 is 5.25. The Morgan fingerprint density at radius 1 is 1.36 bits per heavy atom. The quantitative estimate of drug-likeness (QED) is 0.661. The lowest BCUT2D eigenvalue weighted by Gasteiger charge is -2.03. The second-order valence-corrected chi connectivity index (χ2v) is 2.84. The molecule has 0 aliphatic heterocycles. The zero-order valence-corrected chi connectivity index (χ0v) is 7.90. The fourth-order valence-electron chi connectivity index (χ4n) is 0.964. The maximum absolute atomic E-state index is 11.2. The molecule has 0 amide bonds. The van der Waals surface area contributed by atoms with Gasteiger partial charge in [0.05, 0.1) is 0 Å². The van der Waals surface area contributed by atoms with Crippen LogP contribution in [0.5, 0.6) is 5.75 Å². The van der Waals surface area contributed by atoms with Crippen molar-refractivity contribution in [3.05, 3.63) is 30.3 Å². The SMILES string of the molecule is C#CCCC(=O)COc1ccccc1. The predicted octanol–water partition coefficient (Wildman–Crippen LogP) is 2.05. The van der Waals surface area contributed by atoms with E-state index in [2.05, 4.69) is 5.92 Å². The molecule has 0 aromatic heterocycles. The molecule has 0 aliphatic carbocycles. The molecule has 0 saturated heterocycles. The molecule has 0 spiro atoms. The van der Waals surface area contributed by atoms with Crippen LogP contribution in [0.15, 0.2) is 30.3 Å². The largest absolute Gasteiger partial charge is 0.486 e.